The van der Waals surface area contributed by atoms with E-state index < -0.39 is 0 Å². The van der Waals surface area contributed by atoms with Gasteiger partial charge in [-0.15, -0.1) is 11.6 Å². The SMILES string of the molecule is ClCc1cnc(-c2cncc(Br)c2)nc1. The van der Waals surface area contributed by atoms with Gasteiger partial charge < -0.3 is 0 Å². The van der Waals surface area contributed by atoms with Crippen LogP contribution in [0.15, 0.2) is 35.3 Å². The molecule has 0 spiro atoms. The van der Waals surface area contributed by atoms with Crippen molar-refractivity contribution < 1.29 is 0 Å². The number of pyridine rings is 1. The number of hydrogen-bond donors (Lipinski definition) is 0. The molecule has 0 amide bonds. The minimum atomic E-state index is 0.428. The lowest BCUT2D eigenvalue weighted by Gasteiger charge is -2.00. The molecule has 76 valence electrons. The van der Waals surface area contributed by atoms with Crippen LogP contribution in [-0.2, 0) is 5.88 Å². The predicted molar refractivity (Wildman–Crippen MR) is 62.5 cm³/mol. The molecule has 0 aliphatic rings. The van der Waals surface area contributed by atoms with Gasteiger partial charge in [0, 0.05) is 40.4 Å². The molecule has 0 saturated heterocycles. The highest BCUT2D eigenvalue weighted by Gasteiger charge is 2.01. The Balaban J connectivity index is 2.37. The van der Waals surface area contributed by atoms with Gasteiger partial charge in [-0.05, 0) is 22.0 Å². The summed E-state index contributed by atoms with van der Waals surface area (Å²) >= 11 is 9.00. The van der Waals surface area contributed by atoms with Crippen molar-refractivity contribution in [2.45, 2.75) is 5.88 Å². The summed E-state index contributed by atoms with van der Waals surface area (Å²) in [7, 11) is 0. The summed E-state index contributed by atoms with van der Waals surface area (Å²) < 4.78 is 0.907. The standard InChI is InChI=1S/C10H7BrClN3/c11-9-1-8(5-13-6-9)10-14-3-7(2-12)4-15-10/h1,3-6H,2H2. The predicted octanol–water partition coefficient (Wildman–Crippen LogP) is 3.04. The van der Waals surface area contributed by atoms with E-state index in [1.54, 1.807) is 24.8 Å². The summed E-state index contributed by atoms with van der Waals surface area (Å²) in [5, 5.41) is 0. The Morgan fingerprint density at radius 3 is 2.47 bits per heavy atom. The zero-order chi connectivity index (χ0) is 10.7. The molecule has 0 aliphatic heterocycles. The number of halogens is 2. The van der Waals surface area contributed by atoms with E-state index in [4.69, 9.17) is 11.6 Å². The van der Waals surface area contributed by atoms with E-state index >= 15 is 0 Å². The van der Waals surface area contributed by atoms with Crippen molar-refractivity contribution in [2.75, 3.05) is 0 Å². The first kappa shape index (κ1) is 10.5. The second kappa shape index (κ2) is 4.68. The van der Waals surface area contributed by atoms with Gasteiger partial charge in [0.25, 0.3) is 0 Å². The molecule has 0 unspecified atom stereocenters. The number of nitrogens with zero attached hydrogens (tertiary/aromatic N) is 3. The quantitative estimate of drug-likeness (QED) is 0.796. The van der Waals surface area contributed by atoms with Gasteiger partial charge in [0.05, 0.1) is 5.88 Å². The zero-order valence-electron chi connectivity index (χ0n) is 7.69. The Bertz CT molecular complexity index is 458. The molecule has 5 heteroatoms. The van der Waals surface area contributed by atoms with Crippen LogP contribution in [0.3, 0.4) is 0 Å². The van der Waals surface area contributed by atoms with Gasteiger partial charge in [0.1, 0.15) is 0 Å². The minimum absolute atomic E-state index is 0.428. The average molecular weight is 285 g/mol. The van der Waals surface area contributed by atoms with Crippen molar-refractivity contribution >= 4 is 27.5 Å². The lowest BCUT2D eigenvalue weighted by Crippen LogP contribution is -1.91. The molecule has 0 atom stereocenters. The zero-order valence-corrected chi connectivity index (χ0v) is 10.0. The molecular formula is C10H7BrClN3. The van der Waals surface area contributed by atoms with Gasteiger partial charge in [-0.3, -0.25) is 4.98 Å². The van der Waals surface area contributed by atoms with E-state index in [1.807, 2.05) is 6.07 Å². The molecule has 0 saturated carbocycles. The maximum atomic E-state index is 5.65. The third-order valence-corrected chi connectivity index (χ3v) is 2.56. The molecule has 0 radical (unpaired) electrons. The van der Waals surface area contributed by atoms with E-state index in [9.17, 15) is 0 Å². The Hall–Kier alpha value is -1.00. The van der Waals surface area contributed by atoms with Crippen LogP contribution in [0.1, 0.15) is 5.56 Å². The fraction of sp³-hybridized carbons (Fsp3) is 0.100. The number of hydrogen-bond acceptors (Lipinski definition) is 3. The summed E-state index contributed by atoms with van der Waals surface area (Å²) in [6.45, 7) is 0. The molecule has 2 aromatic rings. The van der Waals surface area contributed by atoms with Crippen molar-refractivity contribution in [2.24, 2.45) is 0 Å². The Labute approximate surface area is 101 Å². The Kier molecular flexibility index (Phi) is 3.28. The van der Waals surface area contributed by atoms with E-state index in [2.05, 4.69) is 30.9 Å². The monoisotopic (exact) mass is 283 g/mol. The first-order chi connectivity index (χ1) is 7.29. The molecule has 0 bridgehead atoms. The highest BCUT2D eigenvalue weighted by Crippen LogP contribution is 2.17. The van der Waals surface area contributed by atoms with Crippen molar-refractivity contribution in [3.63, 3.8) is 0 Å². The van der Waals surface area contributed by atoms with Gasteiger partial charge in [0.15, 0.2) is 5.82 Å². The van der Waals surface area contributed by atoms with Crippen molar-refractivity contribution in [1.82, 2.24) is 15.0 Å². The van der Waals surface area contributed by atoms with Crippen LogP contribution in [0.5, 0.6) is 0 Å². The van der Waals surface area contributed by atoms with E-state index in [0.29, 0.717) is 11.7 Å². The number of alkyl halides is 1. The van der Waals surface area contributed by atoms with E-state index in [1.165, 1.54) is 0 Å². The molecule has 2 aromatic heterocycles. The van der Waals surface area contributed by atoms with Crippen LogP contribution in [0, 0.1) is 0 Å². The molecule has 3 nitrogen and oxygen atoms in total. The highest BCUT2D eigenvalue weighted by atomic mass is 79.9. The van der Waals surface area contributed by atoms with Crippen LogP contribution in [0.2, 0.25) is 0 Å². The smallest absolute Gasteiger partial charge is 0.160 e. The third-order valence-electron chi connectivity index (χ3n) is 1.82. The summed E-state index contributed by atoms with van der Waals surface area (Å²) in [5.41, 5.74) is 1.79. The van der Waals surface area contributed by atoms with Gasteiger partial charge in [-0.25, -0.2) is 9.97 Å². The van der Waals surface area contributed by atoms with Gasteiger partial charge in [-0.2, -0.15) is 0 Å². The molecule has 0 fully saturated rings. The highest BCUT2D eigenvalue weighted by molar-refractivity contribution is 9.10. The normalized spacial score (nSPS) is 10.3. The van der Waals surface area contributed by atoms with Crippen LogP contribution < -0.4 is 0 Å². The summed E-state index contributed by atoms with van der Waals surface area (Å²) in [5.74, 6) is 1.08. The topological polar surface area (TPSA) is 38.7 Å². The molecule has 2 rings (SSSR count). The molecule has 0 aromatic carbocycles. The average Bonchev–Trinajstić information content (AvgIpc) is 2.29. The largest absolute Gasteiger partial charge is 0.263 e. The third kappa shape index (κ3) is 2.52. The van der Waals surface area contributed by atoms with Crippen molar-refractivity contribution in [1.29, 1.82) is 0 Å². The van der Waals surface area contributed by atoms with Crippen LogP contribution >= 0.6 is 27.5 Å². The molecule has 0 N–H and O–H groups in total. The van der Waals surface area contributed by atoms with Crippen LogP contribution in [-0.4, -0.2) is 15.0 Å². The minimum Gasteiger partial charge on any atom is -0.263 e. The molecule has 0 aliphatic carbocycles. The van der Waals surface area contributed by atoms with Gasteiger partial charge in [0.2, 0.25) is 0 Å². The van der Waals surface area contributed by atoms with Crippen molar-refractivity contribution in [3.8, 4) is 11.4 Å². The Morgan fingerprint density at radius 1 is 1.13 bits per heavy atom. The fourth-order valence-corrected chi connectivity index (χ4v) is 1.61. The summed E-state index contributed by atoms with van der Waals surface area (Å²) in [6, 6.07) is 1.92. The van der Waals surface area contributed by atoms with Gasteiger partial charge in [-0.1, -0.05) is 0 Å². The van der Waals surface area contributed by atoms with E-state index in [0.717, 1.165) is 15.6 Å². The number of aromatic nitrogens is 3. The summed E-state index contributed by atoms with van der Waals surface area (Å²) in [6.07, 6.45) is 6.88. The lowest BCUT2D eigenvalue weighted by molar-refractivity contribution is 1.12. The molecule has 2 heterocycles. The Morgan fingerprint density at radius 2 is 1.87 bits per heavy atom. The second-order valence-electron chi connectivity index (χ2n) is 2.94. The van der Waals surface area contributed by atoms with Crippen molar-refractivity contribution in [3.05, 3.63) is 40.9 Å². The molecule has 15 heavy (non-hydrogen) atoms. The first-order valence-corrected chi connectivity index (χ1v) is 5.60. The van der Waals surface area contributed by atoms with Crippen LogP contribution in [0.4, 0.5) is 0 Å². The number of rotatable bonds is 2. The second-order valence-corrected chi connectivity index (χ2v) is 4.12. The summed E-state index contributed by atoms with van der Waals surface area (Å²) in [4.78, 5) is 12.5. The maximum Gasteiger partial charge on any atom is 0.160 e. The fourth-order valence-electron chi connectivity index (χ4n) is 1.11. The lowest BCUT2D eigenvalue weighted by atomic mass is 10.2. The maximum absolute atomic E-state index is 5.65. The van der Waals surface area contributed by atoms with E-state index in [-0.39, 0.29) is 0 Å². The van der Waals surface area contributed by atoms with Gasteiger partial charge >= 0.3 is 0 Å². The first-order valence-electron chi connectivity index (χ1n) is 4.27. The molecular weight excluding hydrogens is 277 g/mol. The van der Waals surface area contributed by atoms with Crippen LogP contribution in [0.25, 0.3) is 11.4 Å².